The lowest BCUT2D eigenvalue weighted by Gasteiger charge is -2.29. The highest BCUT2D eigenvalue weighted by Gasteiger charge is 2.28. The maximum atomic E-state index is 13.1. The molecule has 2 amide bonds. The summed E-state index contributed by atoms with van der Waals surface area (Å²) in [5, 5.41) is 3.51. The molecule has 7 heteroatoms. The summed E-state index contributed by atoms with van der Waals surface area (Å²) in [5.74, 6) is 0.0271. The summed E-state index contributed by atoms with van der Waals surface area (Å²) in [6.45, 7) is 3.91. The molecule has 0 unspecified atom stereocenters. The minimum absolute atomic E-state index is 0.131. The van der Waals surface area contributed by atoms with E-state index >= 15 is 0 Å². The number of nitrogens with zero attached hydrogens (tertiary/aromatic N) is 1. The topological polar surface area (TPSA) is 58.6 Å². The Morgan fingerprint density at radius 1 is 1.19 bits per heavy atom. The normalized spacial score (nSPS) is 14.8. The Kier molecular flexibility index (Phi) is 8.38. The minimum atomic E-state index is -0.613. The van der Waals surface area contributed by atoms with Gasteiger partial charge in [0.25, 0.3) is 5.91 Å². The smallest absolute Gasteiger partial charge is 0.261 e. The number of aryl methyl sites for hydroxylation is 1. The molecule has 0 aliphatic heterocycles. The fraction of sp³-hybridized carbons (Fsp3) is 0.417. The summed E-state index contributed by atoms with van der Waals surface area (Å²) in [5.41, 5.74) is 2.10. The summed E-state index contributed by atoms with van der Waals surface area (Å²) in [6.07, 6.45) is 4.26. The van der Waals surface area contributed by atoms with Crippen molar-refractivity contribution < 1.29 is 14.3 Å². The van der Waals surface area contributed by atoms with Gasteiger partial charge in [0.1, 0.15) is 11.8 Å². The maximum Gasteiger partial charge on any atom is 0.261 e. The van der Waals surface area contributed by atoms with Crippen LogP contribution in [0.25, 0.3) is 0 Å². The summed E-state index contributed by atoms with van der Waals surface area (Å²) < 4.78 is 6.51. The lowest BCUT2D eigenvalue weighted by Crippen LogP contribution is -2.50. The van der Waals surface area contributed by atoms with E-state index in [2.05, 4.69) is 21.2 Å². The molecule has 2 aromatic rings. The highest BCUT2D eigenvalue weighted by Crippen LogP contribution is 2.28. The van der Waals surface area contributed by atoms with E-state index in [-0.39, 0.29) is 24.5 Å². The van der Waals surface area contributed by atoms with Gasteiger partial charge in [-0.2, -0.15) is 0 Å². The molecule has 3 rings (SSSR count). The van der Waals surface area contributed by atoms with Crippen molar-refractivity contribution in [3.05, 3.63) is 63.1 Å². The summed E-state index contributed by atoms with van der Waals surface area (Å²) in [7, 11) is 0. The average molecular weight is 508 g/mol. The van der Waals surface area contributed by atoms with E-state index in [9.17, 15) is 9.59 Å². The molecule has 1 aliphatic rings. The molecule has 1 N–H and O–H groups in total. The Morgan fingerprint density at radius 2 is 1.87 bits per heavy atom. The van der Waals surface area contributed by atoms with E-state index in [0.717, 1.165) is 41.3 Å². The van der Waals surface area contributed by atoms with E-state index in [1.807, 2.05) is 31.2 Å². The molecule has 31 heavy (non-hydrogen) atoms. The van der Waals surface area contributed by atoms with E-state index < -0.39 is 6.04 Å². The first-order chi connectivity index (χ1) is 14.8. The van der Waals surface area contributed by atoms with Crippen molar-refractivity contribution in [2.45, 2.75) is 58.2 Å². The molecule has 1 saturated carbocycles. The van der Waals surface area contributed by atoms with Gasteiger partial charge in [-0.1, -0.05) is 70.2 Å². The van der Waals surface area contributed by atoms with Crippen LogP contribution in [0.3, 0.4) is 0 Å². The molecule has 166 valence electrons. The van der Waals surface area contributed by atoms with Gasteiger partial charge < -0.3 is 15.0 Å². The fourth-order valence-electron chi connectivity index (χ4n) is 3.68. The third-order valence-corrected chi connectivity index (χ3v) is 6.38. The van der Waals surface area contributed by atoms with Crippen molar-refractivity contribution in [1.29, 1.82) is 0 Å². The van der Waals surface area contributed by atoms with Crippen LogP contribution < -0.4 is 10.1 Å². The van der Waals surface area contributed by atoms with Gasteiger partial charge in [-0.25, -0.2) is 0 Å². The van der Waals surface area contributed by atoms with E-state index in [0.29, 0.717) is 17.3 Å². The molecule has 0 aromatic heterocycles. The van der Waals surface area contributed by atoms with Crippen LogP contribution in [-0.2, 0) is 16.1 Å². The Morgan fingerprint density at radius 3 is 2.52 bits per heavy atom. The zero-order valence-corrected chi connectivity index (χ0v) is 20.2. The first-order valence-electron chi connectivity index (χ1n) is 10.6. The number of carbonyl (C=O) groups is 2. The Bertz CT molecular complexity index is 914. The second-order valence-electron chi connectivity index (χ2n) is 8.04. The van der Waals surface area contributed by atoms with Crippen molar-refractivity contribution in [2.24, 2.45) is 0 Å². The number of amides is 2. The molecule has 0 radical (unpaired) electrons. The Balaban J connectivity index is 1.72. The first-order valence-corrected chi connectivity index (χ1v) is 11.7. The number of halogens is 2. The van der Waals surface area contributed by atoms with E-state index in [4.69, 9.17) is 16.3 Å². The van der Waals surface area contributed by atoms with Gasteiger partial charge in [0.2, 0.25) is 5.91 Å². The number of hydrogen-bond acceptors (Lipinski definition) is 3. The highest BCUT2D eigenvalue weighted by molar-refractivity contribution is 9.10. The average Bonchev–Trinajstić information content (AvgIpc) is 3.25. The number of nitrogens with one attached hydrogen (secondary N) is 1. The lowest BCUT2D eigenvalue weighted by atomic mass is 10.1. The largest absolute Gasteiger partial charge is 0.482 e. The lowest BCUT2D eigenvalue weighted by molar-refractivity contribution is -0.142. The zero-order valence-electron chi connectivity index (χ0n) is 17.9. The molecule has 1 atom stereocenters. The zero-order chi connectivity index (χ0) is 22.4. The Hall–Kier alpha value is -2.05. The number of carbonyl (C=O) groups excluding carboxylic acids is 2. The predicted octanol–water partition coefficient (Wildman–Crippen LogP) is 5.27. The van der Waals surface area contributed by atoms with Crippen molar-refractivity contribution in [1.82, 2.24) is 10.2 Å². The van der Waals surface area contributed by atoms with Gasteiger partial charge in [-0.15, -0.1) is 0 Å². The van der Waals surface area contributed by atoms with Crippen LogP contribution >= 0.6 is 27.5 Å². The molecular formula is C24H28BrClN2O3. The standard InChI is InChI=1S/C24H28BrClN2O3/c1-16-7-9-18(10-8-16)14-28(17(2)24(30)27-20-5-3-4-6-20)23(29)15-31-22-12-11-19(25)13-21(22)26/h7-13,17,20H,3-6,14-15H2,1-2H3,(H,27,30)/t17-/m1/s1. The number of rotatable bonds is 8. The van der Waals surface area contributed by atoms with Gasteiger partial charge in [0, 0.05) is 17.1 Å². The summed E-state index contributed by atoms with van der Waals surface area (Å²) in [6, 6.07) is 12.8. The third-order valence-electron chi connectivity index (χ3n) is 5.59. The molecule has 5 nitrogen and oxygen atoms in total. The van der Waals surface area contributed by atoms with Gasteiger partial charge in [0.15, 0.2) is 6.61 Å². The van der Waals surface area contributed by atoms with E-state index in [1.54, 1.807) is 30.0 Å². The highest BCUT2D eigenvalue weighted by atomic mass is 79.9. The van der Waals surface area contributed by atoms with Crippen molar-refractivity contribution in [3.8, 4) is 5.75 Å². The molecule has 1 aliphatic carbocycles. The van der Waals surface area contributed by atoms with Gasteiger partial charge >= 0.3 is 0 Å². The van der Waals surface area contributed by atoms with Crippen molar-refractivity contribution in [3.63, 3.8) is 0 Å². The first kappa shape index (κ1) is 23.6. The Labute approximate surface area is 197 Å². The van der Waals surface area contributed by atoms with Crippen LogP contribution in [0.15, 0.2) is 46.9 Å². The van der Waals surface area contributed by atoms with Crippen molar-refractivity contribution >= 4 is 39.3 Å². The molecule has 0 bridgehead atoms. The molecular weight excluding hydrogens is 480 g/mol. The van der Waals surface area contributed by atoms with Crippen LogP contribution in [0.2, 0.25) is 5.02 Å². The number of ether oxygens (including phenoxy) is 1. The maximum absolute atomic E-state index is 13.1. The number of hydrogen-bond donors (Lipinski definition) is 1. The van der Waals surface area contributed by atoms with Crippen molar-refractivity contribution in [2.75, 3.05) is 6.61 Å². The quantitative estimate of drug-likeness (QED) is 0.530. The number of benzene rings is 2. The van der Waals surface area contributed by atoms with Gasteiger partial charge in [-0.05, 0) is 50.5 Å². The second kappa shape index (κ2) is 11.0. The second-order valence-corrected chi connectivity index (χ2v) is 9.36. The molecule has 0 saturated heterocycles. The van der Waals surface area contributed by atoms with Crippen LogP contribution in [0.4, 0.5) is 0 Å². The predicted molar refractivity (Wildman–Crippen MR) is 126 cm³/mol. The SMILES string of the molecule is Cc1ccc(CN(C(=O)COc2ccc(Br)cc2Cl)[C@H](C)C(=O)NC2CCCC2)cc1. The van der Waals surface area contributed by atoms with Gasteiger partial charge in [0.05, 0.1) is 5.02 Å². The summed E-state index contributed by atoms with van der Waals surface area (Å²) in [4.78, 5) is 27.6. The van der Waals surface area contributed by atoms with Crippen LogP contribution in [0.1, 0.15) is 43.7 Å². The van der Waals surface area contributed by atoms with Crippen LogP contribution in [-0.4, -0.2) is 35.4 Å². The molecule has 0 heterocycles. The molecule has 2 aromatic carbocycles. The van der Waals surface area contributed by atoms with Crippen LogP contribution in [0.5, 0.6) is 5.75 Å². The third kappa shape index (κ3) is 6.71. The summed E-state index contributed by atoms with van der Waals surface area (Å²) >= 11 is 9.55. The van der Waals surface area contributed by atoms with Crippen LogP contribution in [0, 0.1) is 6.92 Å². The van der Waals surface area contributed by atoms with E-state index in [1.165, 1.54) is 0 Å². The monoisotopic (exact) mass is 506 g/mol. The van der Waals surface area contributed by atoms with Gasteiger partial charge in [-0.3, -0.25) is 9.59 Å². The molecule has 0 spiro atoms. The fourth-order valence-corrected chi connectivity index (χ4v) is 4.41. The minimum Gasteiger partial charge on any atom is -0.482 e. The molecule has 1 fully saturated rings.